The predicted octanol–water partition coefficient (Wildman–Crippen LogP) is 0.410. The summed E-state index contributed by atoms with van der Waals surface area (Å²) in [6.07, 6.45) is 7.69. The fourth-order valence-electron chi connectivity index (χ4n) is 4.92. The minimum atomic E-state index is -3.61. The van der Waals surface area contributed by atoms with Gasteiger partial charge in [-0.3, -0.25) is 4.79 Å². The monoisotopic (exact) mass is 433 g/mol. The minimum Gasteiger partial charge on any atom is -0.353 e. The summed E-state index contributed by atoms with van der Waals surface area (Å²) in [7, 11) is -1.97. The van der Waals surface area contributed by atoms with Crippen LogP contribution in [0.1, 0.15) is 25.7 Å². The average molecular weight is 434 g/mol. The number of aromatic nitrogens is 3. The van der Waals surface area contributed by atoms with Crippen LogP contribution in [0, 0.1) is 0 Å². The molecule has 11 heteroatoms. The number of carbonyl (C=O) groups is 1. The normalized spacial score (nSPS) is 24.3. The maximum absolute atomic E-state index is 13.4. The number of hydrogen-bond donors (Lipinski definition) is 1. The summed E-state index contributed by atoms with van der Waals surface area (Å²) in [6.45, 7) is 2.67. The molecule has 1 saturated carbocycles. The van der Waals surface area contributed by atoms with Crippen molar-refractivity contribution in [2.24, 2.45) is 0 Å². The van der Waals surface area contributed by atoms with Crippen LogP contribution in [-0.4, -0.2) is 94.6 Å². The molecule has 10 nitrogen and oxygen atoms in total. The van der Waals surface area contributed by atoms with E-state index in [9.17, 15) is 13.2 Å². The Hall–Kier alpha value is -2.24. The van der Waals surface area contributed by atoms with Gasteiger partial charge in [0, 0.05) is 52.0 Å². The lowest BCUT2D eigenvalue weighted by Crippen LogP contribution is -2.60. The molecule has 1 aliphatic carbocycles. The van der Waals surface area contributed by atoms with E-state index in [-0.39, 0.29) is 11.6 Å². The minimum absolute atomic E-state index is 0.0402. The fraction of sp³-hybridized carbons (Fsp3) is 0.632. The third-order valence-corrected chi connectivity index (χ3v) is 8.81. The van der Waals surface area contributed by atoms with E-state index in [1.807, 2.05) is 12.3 Å². The number of aromatic amines is 1. The molecule has 3 aliphatic rings. The maximum atomic E-state index is 13.4. The van der Waals surface area contributed by atoms with E-state index >= 15 is 0 Å². The summed E-state index contributed by atoms with van der Waals surface area (Å²) in [6, 6.07) is 1.92. The number of likely N-dealkylation sites (tertiary alicyclic amines) is 1. The van der Waals surface area contributed by atoms with Crippen molar-refractivity contribution in [3.63, 3.8) is 0 Å². The van der Waals surface area contributed by atoms with Crippen LogP contribution in [0.4, 0.5) is 5.82 Å². The summed E-state index contributed by atoms with van der Waals surface area (Å²) in [5, 5.41) is 0.955. The van der Waals surface area contributed by atoms with Gasteiger partial charge in [0.1, 0.15) is 17.8 Å². The van der Waals surface area contributed by atoms with Gasteiger partial charge < -0.3 is 14.8 Å². The molecule has 0 radical (unpaired) electrons. The van der Waals surface area contributed by atoms with Gasteiger partial charge in [-0.05, 0) is 31.7 Å². The SMILES string of the molecule is CN(CC1CCCN1C=O)S(=O)(=O)N1CCN(c2ncnc3[nH]ccc23)CC12CC2. The molecule has 4 heterocycles. The van der Waals surface area contributed by atoms with Crippen LogP contribution in [0.3, 0.4) is 0 Å². The van der Waals surface area contributed by atoms with Crippen LogP contribution in [0.5, 0.6) is 0 Å². The van der Waals surface area contributed by atoms with Crippen LogP contribution in [0.15, 0.2) is 18.6 Å². The summed E-state index contributed by atoms with van der Waals surface area (Å²) >= 11 is 0. The number of likely N-dealkylation sites (N-methyl/N-ethyl adjacent to an activating group) is 1. The Morgan fingerprint density at radius 1 is 1.30 bits per heavy atom. The standard InChI is InChI=1S/C19H27N7O3S/c1-23(11-15-3-2-8-25(15)14-27)30(28,29)26-10-9-24(12-19(26)5-6-19)18-16-4-7-20-17(16)21-13-22-18/h4,7,13-15H,2-3,5-6,8-12H2,1H3,(H,20,21,22). The van der Waals surface area contributed by atoms with Crippen molar-refractivity contribution >= 4 is 33.5 Å². The molecule has 162 valence electrons. The topological polar surface area (TPSA) is 106 Å². The Bertz CT molecular complexity index is 1050. The molecule has 1 N–H and O–H groups in total. The lowest BCUT2D eigenvalue weighted by atomic mass is 10.2. The number of carbonyl (C=O) groups excluding carboxylic acids is 1. The second kappa shape index (κ2) is 7.17. The molecular weight excluding hydrogens is 406 g/mol. The molecule has 1 spiro atoms. The number of rotatable bonds is 6. The molecule has 2 aromatic heterocycles. The Balaban J connectivity index is 1.34. The summed E-state index contributed by atoms with van der Waals surface area (Å²) in [4.78, 5) is 27.0. The van der Waals surface area contributed by atoms with Gasteiger partial charge in [-0.15, -0.1) is 0 Å². The van der Waals surface area contributed by atoms with E-state index in [1.54, 1.807) is 22.6 Å². The van der Waals surface area contributed by atoms with Crippen molar-refractivity contribution in [1.29, 1.82) is 0 Å². The number of piperazine rings is 1. The van der Waals surface area contributed by atoms with Gasteiger partial charge >= 0.3 is 0 Å². The molecule has 2 saturated heterocycles. The van der Waals surface area contributed by atoms with Gasteiger partial charge in [0.2, 0.25) is 6.41 Å². The fourth-order valence-corrected chi connectivity index (χ4v) is 6.66. The lowest BCUT2D eigenvalue weighted by Gasteiger charge is -2.43. The number of hydrogen-bond acceptors (Lipinski definition) is 6. The summed E-state index contributed by atoms with van der Waals surface area (Å²) in [5.41, 5.74) is 0.412. The van der Waals surface area contributed by atoms with Crippen LogP contribution in [0.2, 0.25) is 0 Å². The molecule has 30 heavy (non-hydrogen) atoms. The smallest absolute Gasteiger partial charge is 0.282 e. The zero-order valence-electron chi connectivity index (χ0n) is 17.1. The highest BCUT2D eigenvalue weighted by Crippen LogP contribution is 2.47. The lowest BCUT2D eigenvalue weighted by molar-refractivity contribution is -0.118. The third kappa shape index (κ3) is 3.15. The van der Waals surface area contributed by atoms with Crippen LogP contribution < -0.4 is 4.90 Å². The Morgan fingerprint density at radius 2 is 2.13 bits per heavy atom. The van der Waals surface area contributed by atoms with E-state index in [2.05, 4.69) is 19.9 Å². The molecular formula is C19H27N7O3S. The summed E-state index contributed by atoms with van der Waals surface area (Å²) < 4.78 is 30.0. The zero-order chi connectivity index (χ0) is 20.9. The first-order valence-corrected chi connectivity index (χ1v) is 11.8. The van der Waals surface area contributed by atoms with Crippen molar-refractivity contribution in [1.82, 2.24) is 28.5 Å². The molecule has 0 bridgehead atoms. The van der Waals surface area contributed by atoms with Gasteiger partial charge in [-0.2, -0.15) is 17.0 Å². The number of anilines is 1. The quantitative estimate of drug-likeness (QED) is 0.662. The summed E-state index contributed by atoms with van der Waals surface area (Å²) in [5.74, 6) is 0.852. The van der Waals surface area contributed by atoms with Gasteiger partial charge in [0.15, 0.2) is 0 Å². The van der Waals surface area contributed by atoms with Crippen molar-refractivity contribution in [2.45, 2.75) is 37.3 Å². The largest absolute Gasteiger partial charge is 0.353 e. The molecule has 0 aromatic carbocycles. The molecule has 2 aliphatic heterocycles. The van der Waals surface area contributed by atoms with Crippen molar-refractivity contribution in [2.75, 3.05) is 44.7 Å². The maximum Gasteiger partial charge on any atom is 0.282 e. The highest BCUT2D eigenvalue weighted by molar-refractivity contribution is 7.86. The molecule has 1 unspecified atom stereocenters. The Kier molecular flexibility index (Phi) is 4.71. The first-order valence-electron chi connectivity index (χ1n) is 10.4. The Morgan fingerprint density at radius 3 is 2.90 bits per heavy atom. The van der Waals surface area contributed by atoms with E-state index in [0.717, 1.165) is 48.9 Å². The second-order valence-corrected chi connectivity index (χ2v) is 10.5. The third-order valence-electron chi connectivity index (χ3n) is 6.75. The highest BCUT2D eigenvalue weighted by Gasteiger charge is 2.57. The number of H-pyrrole nitrogens is 1. The van der Waals surface area contributed by atoms with Crippen molar-refractivity contribution in [3.8, 4) is 0 Å². The van der Waals surface area contributed by atoms with Crippen molar-refractivity contribution in [3.05, 3.63) is 18.6 Å². The number of nitrogens with one attached hydrogen (secondary N) is 1. The van der Waals surface area contributed by atoms with Crippen LogP contribution in [0.25, 0.3) is 11.0 Å². The van der Waals surface area contributed by atoms with E-state index < -0.39 is 10.2 Å². The number of fused-ring (bicyclic) bond motifs is 1. The van der Waals surface area contributed by atoms with Gasteiger partial charge in [-0.1, -0.05) is 0 Å². The van der Waals surface area contributed by atoms with E-state index in [0.29, 0.717) is 32.7 Å². The average Bonchev–Trinajstić information content (AvgIpc) is 3.15. The Labute approximate surface area is 176 Å². The van der Waals surface area contributed by atoms with Crippen molar-refractivity contribution < 1.29 is 13.2 Å². The van der Waals surface area contributed by atoms with E-state index in [4.69, 9.17) is 0 Å². The van der Waals surface area contributed by atoms with Crippen LogP contribution in [-0.2, 0) is 15.0 Å². The molecule has 1 amide bonds. The van der Waals surface area contributed by atoms with Gasteiger partial charge in [0.25, 0.3) is 10.2 Å². The zero-order valence-corrected chi connectivity index (χ0v) is 17.9. The molecule has 1 atom stereocenters. The first-order chi connectivity index (χ1) is 14.4. The number of amides is 1. The van der Waals surface area contributed by atoms with Crippen LogP contribution >= 0.6 is 0 Å². The number of nitrogens with zero attached hydrogens (tertiary/aromatic N) is 6. The second-order valence-electron chi connectivity index (χ2n) is 8.58. The molecule has 3 fully saturated rings. The first kappa shape index (κ1) is 19.7. The molecule has 2 aromatic rings. The van der Waals surface area contributed by atoms with Gasteiger partial charge in [0.05, 0.1) is 10.9 Å². The predicted molar refractivity (Wildman–Crippen MR) is 112 cm³/mol. The van der Waals surface area contributed by atoms with E-state index in [1.165, 1.54) is 4.31 Å². The van der Waals surface area contributed by atoms with Gasteiger partial charge in [-0.25, -0.2) is 9.97 Å². The highest BCUT2D eigenvalue weighted by atomic mass is 32.2. The molecule has 5 rings (SSSR count).